The van der Waals surface area contributed by atoms with Gasteiger partial charge in [-0.2, -0.15) is 0 Å². The Morgan fingerprint density at radius 3 is 2.29 bits per heavy atom. The molecule has 1 atom stereocenters. The lowest BCUT2D eigenvalue weighted by atomic mass is 10.0. The van der Waals surface area contributed by atoms with Gasteiger partial charge in [0.2, 0.25) is 0 Å². The Bertz CT molecular complexity index is 286. The standard InChI is InChI=1S/C14H23NO2/c1-4-8-13(12-9-6-5-7-10-12)15-11-14(16-2)17-3/h5-7,9-10,13-15H,4,8,11H2,1-3H3. The van der Waals surface area contributed by atoms with Crippen LogP contribution in [0.2, 0.25) is 0 Å². The van der Waals surface area contributed by atoms with Crippen LogP contribution in [0.1, 0.15) is 31.4 Å². The van der Waals surface area contributed by atoms with Crippen molar-refractivity contribution in [3.63, 3.8) is 0 Å². The summed E-state index contributed by atoms with van der Waals surface area (Å²) in [5.74, 6) is 0. The maximum absolute atomic E-state index is 5.18. The van der Waals surface area contributed by atoms with E-state index in [0.717, 1.165) is 12.8 Å². The highest BCUT2D eigenvalue weighted by Gasteiger charge is 2.12. The lowest BCUT2D eigenvalue weighted by molar-refractivity contribution is -0.1000. The molecule has 0 spiro atoms. The van der Waals surface area contributed by atoms with E-state index in [0.29, 0.717) is 12.6 Å². The molecular weight excluding hydrogens is 214 g/mol. The van der Waals surface area contributed by atoms with Crippen LogP contribution >= 0.6 is 0 Å². The van der Waals surface area contributed by atoms with Crippen molar-refractivity contribution < 1.29 is 9.47 Å². The molecule has 0 aromatic heterocycles. The van der Waals surface area contributed by atoms with Crippen LogP contribution in [0, 0.1) is 0 Å². The first-order valence-electron chi connectivity index (χ1n) is 6.15. The molecule has 0 heterocycles. The zero-order valence-electron chi connectivity index (χ0n) is 11.0. The summed E-state index contributed by atoms with van der Waals surface area (Å²) in [5.41, 5.74) is 1.32. The molecule has 0 aliphatic rings. The summed E-state index contributed by atoms with van der Waals surface area (Å²) in [6.07, 6.45) is 2.08. The van der Waals surface area contributed by atoms with Crippen LogP contribution in [0.5, 0.6) is 0 Å². The lowest BCUT2D eigenvalue weighted by Gasteiger charge is -2.21. The summed E-state index contributed by atoms with van der Waals surface area (Å²) in [6.45, 7) is 2.90. The van der Waals surface area contributed by atoms with Crippen LogP contribution in [-0.4, -0.2) is 27.1 Å². The van der Waals surface area contributed by atoms with Crippen molar-refractivity contribution in [3.05, 3.63) is 35.9 Å². The number of hydrogen-bond acceptors (Lipinski definition) is 3. The van der Waals surface area contributed by atoms with Gasteiger partial charge in [-0.25, -0.2) is 0 Å². The first-order chi connectivity index (χ1) is 8.31. The lowest BCUT2D eigenvalue weighted by Crippen LogP contribution is -2.32. The Morgan fingerprint density at radius 1 is 1.12 bits per heavy atom. The van der Waals surface area contributed by atoms with E-state index >= 15 is 0 Å². The van der Waals surface area contributed by atoms with Gasteiger partial charge >= 0.3 is 0 Å². The molecule has 0 bridgehead atoms. The maximum Gasteiger partial charge on any atom is 0.169 e. The molecule has 1 N–H and O–H groups in total. The molecule has 3 nitrogen and oxygen atoms in total. The Hall–Kier alpha value is -0.900. The quantitative estimate of drug-likeness (QED) is 0.705. The van der Waals surface area contributed by atoms with Gasteiger partial charge in [0, 0.05) is 26.8 Å². The second kappa shape index (κ2) is 8.23. The average Bonchev–Trinajstić information content (AvgIpc) is 2.39. The second-order valence-corrected chi connectivity index (χ2v) is 4.06. The summed E-state index contributed by atoms with van der Waals surface area (Å²) in [5, 5.41) is 3.49. The predicted octanol–water partition coefficient (Wildman–Crippen LogP) is 2.74. The SMILES string of the molecule is CCCC(NCC(OC)OC)c1ccccc1. The highest BCUT2D eigenvalue weighted by molar-refractivity contribution is 5.18. The normalized spacial score (nSPS) is 12.9. The van der Waals surface area contributed by atoms with Gasteiger partial charge in [-0.15, -0.1) is 0 Å². The van der Waals surface area contributed by atoms with Gasteiger partial charge in [-0.1, -0.05) is 43.7 Å². The van der Waals surface area contributed by atoms with Crippen LogP contribution in [-0.2, 0) is 9.47 Å². The van der Waals surface area contributed by atoms with Crippen molar-refractivity contribution in [3.8, 4) is 0 Å². The van der Waals surface area contributed by atoms with Gasteiger partial charge in [0.15, 0.2) is 6.29 Å². The van der Waals surface area contributed by atoms with Crippen LogP contribution in [0.4, 0.5) is 0 Å². The zero-order valence-corrected chi connectivity index (χ0v) is 11.0. The number of ether oxygens (including phenoxy) is 2. The van der Waals surface area contributed by atoms with Crippen molar-refractivity contribution in [1.82, 2.24) is 5.32 Å². The van der Waals surface area contributed by atoms with Gasteiger partial charge in [0.1, 0.15) is 0 Å². The largest absolute Gasteiger partial charge is 0.355 e. The third kappa shape index (κ3) is 4.86. The van der Waals surface area contributed by atoms with Crippen molar-refractivity contribution in [1.29, 1.82) is 0 Å². The molecular formula is C14H23NO2. The fraction of sp³-hybridized carbons (Fsp3) is 0.571. The zero-order chi connectivity index (χ0) is 12.5. The van der Waals surface area contributed by atoms with Crippen LogP contribution < -0.4 is 5.32 Å². The molecule has 96 valence electrons. The Morgan fingerprint density at radius 2 is 1.76 bits per heavy atom. The molecule has 0 radical (unpaired) electrons. The van der Waals surface area contributed by atoms with Gasteiger partial charge < -0.3 is 14.8 Å². The first kappa shape index (κ1) is 14.2. The smallest absolute Gasteiger partial charge is 0.169 e. The number of benzene rings is 1. The van der Waals surface area contributed by atoms with Gasteiger partial charge in [-0.3, -0.25) is 0 Å². The highest BCUT2D eigenvalue weighted by Crippen LogP contribution is 2.17. The Balaban J connectivity index is 2.55. The minimum atomic E-state index is -0.182. The Kier molecular flexibility index (Phi) is 6.86. The summed E-state index contributed by atoms with van der Waals surface area (Å²) in [4.78, 5) is 0. The highest BCUT2D eigenvalue weighted by atomic mass is 16.7. The number of methoxy groups -OCH3 is 2. The van der Waals surface area contributed by atoms with E-state index in [-0.39, 0.29) is 6.29 Å². The molecule has 1 aromatic carbocycles. The Labute approximate surface area is 104 Å². The third-order valence-corrected chi connectivity index (χ3v) is 2.84. The van der Waals surface area contributed by atoms with E-state index in [1.54, 1.807) is 14.2 Å². The molecule has 3 heteroatoms. The van der Waals surface area contributed by atoms with Crippen LogP contribution in [0.25, 0.3) is 0 Å². The van der Waals surface area contributed by atoms with Crippen molar-refractivity contribution in [2.24, 2.45) is 0 Å². The third-order valence-electron chi connectivity index (χ3n) is 2.84. The van der Waals surface area contributed by atoms with Crippen molar-refractivity contribution in [2.75, 3.05) is 20.8 Å². The number of nitrogens with one attached hydrogen (secondary N) is 1. The van der Waals surface area contributed by atoms with Crippen LogP contribution in [0.15, 0.2) is 30.3 Å². The second-order valence-electron chi connectivity index (χ2n) is 4.06. The van der Waals surface area contributed by atoms with E-state index in [1.807, 2.05) is 6.07 Å². The molecule has 0 aliphatic carbocycles. The number of rotatable bonds is 8. The average molecular weight is 237 g/mol. The molecule has 0 saturated carbocycles. The molecule has 1 rings (SSSR count). The minimum Gasteiger partial charge on any atom is -0.355 e. The molecule has 17 heavy (non-hydrogen) atoms. The topological polar surface area (TPSA) is 30.5 Å². The first-order valence-corrected chi connectivity index (χ1v) is 6.15. The van der Waals surface area contributed by atoms with Gasteiger partial charge in [0.25, 0.3) is 0 Å². The fourth-order valence-electron chi connectivity index (χ4n) is 1.86. The molecule has 0 saturated heterocycles. The van der Waals surface area contributed by atoms with Crippen LogP contribution in [0.3, 0.4) is 0 Å². The predicted molar refractivity (Wildman–Crippen MR) is 69.9 cm³/mol. The van der Waals surface area contributed by atoms with Gasteiger partial charge in [-0.05, 0) is 12.0 Å². The molecule has 0 amide bonds. The van der Waals surface area contributed by atoms with E-state index < -0.39 is 0 Å². The van der Waals surface area contributed by atoms with E-state index in [9.17, 15) is 0 Å². The van der Waals surface area contributed by atoms with E-state index in [2.05, 4.69) is 36.5 Å². The minimum absolute atomic E-state index is 0.182. The monoisotopic (exact) mass is 237 g/mol. The van der Waals surface area contributed by atoms with Crippen molar-refractivity contribution >= 4 is 0 Å². The molecule has 1 aromatic rings. The van der Waals surface area contributed by atoms with E-state index in [4.69, 9.17) is 9.47 Å². The molecule has 1 unspecified atom stereocenters. The molecule has 0 aliphatic heterocycles. The summed E-state index contributed by atoms with van der Waals surface area (Å²) in [7, 11) is 3.32. The number of hydrogen-bond donors (Lipinski definition) is 1. The summed E-state index contributed by atoms with van der Waals surface area (Å²) >= 11 is 0. The van der Waals surface area contributed by atoms with E-state index in [1.165, 1.54) is 5.56 Å². The summed E-state index contributed by atoms with van der Waals surface area (Å²) < 4.78 is 10.4. The molecule has 0 fully saturated rings. The van der Waals surface area contributed by atoms with Gasteiger partial charge in [0.05, 0.1) is 0 Å². The maximum atomic E-state index is 5.18. The van der Waals surface area contributed by atoms with Crippen molar-refractivity contribution in [2.45, 2.75) is 32.1 Å². The fourth-order valence-corrected chi connectivity index (χ4v) is 1.86. The summed E-state index contributed by atoms with van der Waals surface area (Å²) in [6, 6.07) is 10.9.